The fourth-order valence-corrected chi connectivity index (χ4v) is 1.75. The minimum absolute atomic E-state index is 0.0850. The second-order valence-corrected chi connectivity index (χ2v) is 4.03. The Bertz CT molecular complexity index is 641. The maximum atomic E-state index is 13.6. The summed E-state index contributed by atoms with van der Waals surface area (Å²) >= 11 is 0. The lowest BCUT2D eigenvalue weighted by molar-refractivity contribution is 0.103. The third-order valence-electron chi connectivity index (χ3n) is 2.73. The van der Waals surface area contributed by atoms with Crippen LogP contribution in [-0.2, 0) is 0 Å². The molecular formula is C14H13FN2O2. The summed E-state index contributed by atoms with van der Waals surface area (Å²) in [6.45, 7) is 0. The van der Waals surface area contributed by atoms with Gasteiger partial charge in [0.05, 0.1) is 7.11 Å². The molecule has 0 bridgehead atoms. The number of nitrogen functional groups attached to an aromatic ring is 2. The molecule has 0 fully saturated rings. The third kappa shape index (κ3) is 2.49. The van der Waals surface area contributed by atoms with Crippen molar-refractivity contribution in [3.05, 3.63) is 53.3 Å². The summed E-state index contributed by atoms with van der Waals surface area (Å²) in [5.74, 6) is -0.872. The van der Waals surface area contributed by atoms with Crippen molar-refractivity contribution in [3.63, 3.8) is 0 Å². The summed E-state index contributed by atoms with van der Waals surface area (Å²) in [4.78, 5) is 12.2. The molecule has 0 amide bonds. The molecule has 0 saturated carbocycles. The number of methoxy groups -OCH3 is 1. The standard InChI is InChI=1S/C14H13FN2O2/c1-19-13-5-2-8(6-11(13)15)14(18)10-4-3-9(16)7-12(10)17/h2-7H,16-17H2,1H3. The normalized spacial score (nSPS) is 10.2. The average molecular weight is 260 g/mol. The van der Waals surface area contributed by atoms with Crippen LogP contribution in [0.4, 0.5) is 15.8 Å². The number of anilines is 2. The lowest BCUT2D eigenvalue weighted by Crippen LogP contribution is -2.06. The number of nitrogens with two attached hydrogens (primary N) is 2. The molecule has 4 N–H and O–H groups in total. The van der Waals surface area contributed by atoms with Crippen LogP contribution in [0.3, 0.4) is 0 Å². The van der Waals surface area contributed by atoms with Crippen molar-refractivity contribution in [1.82, 2.24) is 0 Å². The van der Waals surface area contributed by atoms with Gasteiger partial charge in [-0.25, -0.2) is 4.39 Å². The van der Waals surface area contributed by atoms with Gasteiger partial charge in [0.2, 0.25) is 0 Å². The number of halogens is 1. The first kappa shape index (κ1) is 12.9. The Hall–Kier alpha value is -2.56. The highest BCUT2D eigenvalue weighted by atomic mass is 19.1. The van der Waals surface area contributed by atoms with Gasteiger partial charge >= 0.3 is 0 Å². The van der Waals surface area contributed by atoms with Crippen LogP contribution in [-0.4, -0.2) is 12.9 Å². The Morgan fingerprint density at radius 1 is 1.16 bits per heavy atom. The molecule has 5 heteroatoms. The summed E-state index contributed by atoms with van der Waals surface area (Å²) in [5.41, 5.74) is 12.5. The molecule has 0 spiro atoms. The number of rotatable bonds is 3. The van der Waals surface area contributed by atoms with E-state index in [9.17, 15) is 9.18 Å². The average Bonchev–Trinajstić information content (AvgIpc) is 2.38. The summed E-state index contributed by atoms with van der Waals surface area (Å²) in [6.07, 6.45) is 0. The van der Waals surface area contributed by atoms with E-state index in [1.54, 1.807) is 6.07 Å². The number of ether oxygens (including phenoxy) is 1. The molecule has 0 aliphatic carbocycles. The van der Waals surface area contributed by atoms with Crippen molar-refractivity contribution in [3.8, 4) is 5.75 Å². The highest BCUT2D eigenvalue weighted by Gasteiger charge is 2.14. The van der Waals surface area contributed by atoms with E-state index >= 15 is 0 Å². The highest BCUT2D eigenvalue weighted by molar-refractivity contribution is 6.12. The molecule has 0 aliphatic heterocycles. The van der Waals surface area contributed by atoms with E-state index in [-0.39, 0.29) is 22.8 Å². The number of hydrogen-bond acceptors (Lipinski definition) is 4. The van der Waals surface area contributed by atoms with Crippen LogP contribution in [0.2, 0.25) is 0 Å². The summed E-state index contributed by atoms with van der Waals surface area (Å²) < 4.78 is 18.4. The Morgan fingerprint density at radius 2 is 1.89 bits per heavy atom. The van der Waals surface area contributed by atoms with Gasteiger partial charge < -0.3 is 16.2 Å². The zero-order valence-electron chi connectivity index (χ0n) is 10.3. The Balaban J connectivity index is 2.41. The van der Waals surface area contributed by atoms with Gasteiger partial charge in [0.15, 0.2) is 17.3 Å². The van der Waals surface area contributed by atoms with Crippen LogP contribution < -0.4 is 16.2 Å². The second-order valence-electron chi connectivity index (χ2n) is 4.03. The molecule has 0 atom stereocenters. The number of carbonyl (C=O) groups is 1. The van der Waals surface area contributed by atoms with E-state index in [1.165, 1.54) is 31.4 Å². The Kier molecular flexibility index (Phi) is 3.37. The molecule has 0 aliphatic rings. The molecule has 2 rings (SSSR count). The van der Waals surface area contributed by atoms with Crippen molar-refractivity contribution in [2.45, 2.75) is 0 Å². The van der Waals surface area contributed by atoms with Gasteiger partial charge in [0, 0.05) is 22.5 Å². The van der Waals surface area contributed by atoms with E-state index in [0.29, 0.717) is 11.3 Å². The SMILES string of the molecule is COc1ccc(C(=O)c2ccc(N)cc2N)cc1F. The quantitative estimate of drug-likeness (QED) is 0.655. The maximum Gasteiger partial charge on any atom is 0.195 e. The monoisotopic (exact) mass is 260 g/mol. The van der Waals surface area contributed by atoms with Crippen molar-refractivity contribution >= 4 is 17.2 Å². The van der Waals surface area contributed by atoms with Crippen LogP contribution in [0.15, 0.2) is 36.4 Å². The van der Waals surface area contributed by atoms with Crippen LogP contribution in [0, 0.1) is 5.82 Å². The summed E-state index contributed by atoms with van der Waals surface area (Å²) in [6, 6.07) is 8.60. The molecule has 4 nitrogen and oxygen atoms in total. The smallest absolute Gasteiger partial charge is 0.195 e. The summed E-state index contributed by atoms with van der Waals surface area (Å²) in [7, 11) is 1.36. The number of carbonyl (C=O) groups excluding carboxylic acids is 1. The van der Waals surface area contributed by atoms with E-state index in [0.717, 1.165) is 6.07 Å². The maximum absolute atomic E-state index is 13.6. The van der Waals surface area contributed by atoms with Crippen LogP contribution in [0.5, 0.6) is 5.75 Å². The van der Waals surface area contributed by atoms with Gasteiger partial charge in [-0.05, 0) is 36.4 Å². The largest absolute Gasteiger partial charge is 0.494 e. The highest BCUT2D eigenvalue weighted by Crippen LogP contribution is 2.23. The molecule has 0 aromatic heterocycles. The molecule has 0 saturated heterocycles. The van der Waals surface area contributed by atoms with Gasteiger partial charge in [-0.3, -0.25) is 4.79 Å². The zero-order chi connectivity index (χ0) is 14.0. The first-order valence-electron chi connectivity index (χ1n) is 5.56. The van der Waals surface area contributed by atoms with Crippen molar-refractivity contribution in [2.75, 3.05) is 18.6 Å². The van der Waals surface area contributed by atoms with E-state index in [4.69, 9.17) is 16.2 Å². The third-order valence-corrected chi connectivity index (χ3v) is 2.73. The number of benzene rings is 2. The molecule has 2 aromatic carbocycles. The van der Waals surface area contributed by atoms with Gasteiger partial charge in [0.1, 0.15) is 0 Å². The first-order chi connectivity index (χ1) is 9.02. The second kappa shape index (κ2) is 4.97. The van der Waals surface area contributed by atoms with Gasteiger partial charge in [0.25, 0.3) is 0 Å². The Morgan fingerprint density at radius 3 is 2.47 bits per heavy atom. The molecule has 19 heavy (non-hydrogen) atoms. The lowest BCUT2D eigenvalue weighted by Gasteiger charge is -2.07. The van der Waals surface area contributed by atoms with E-state index < -0.39 is 5.82 Å². The van der Waals surface area contributed by atoms with Crippen molar-refractivity contribution < 1.29 is 13.9 Å². The van der Waals surface area contributed by atoms with Gasteiger partial charge in [-0.15, -0.1) is 0 Å². The van der Waals surface area contributed by atoms with Crippen molar-refractivity contribution in [2.24, 2.45) is 0 Å². The van der Waals surface area contributed by atoms with E-state index in [1.807, 2.05) is 0 Å². The minimum atomic E-state index is -0.595. The molecule has 0 unspecified atom stereocenters. The van der Waals surface area contributed by atoms with Crippen LogP contribution in [0.25, 0.3) is 0 Å². The molecular weight excluding hydrogens is 247 g/mol. The fourth-order valence-electron chi connectivity index (χ4n) is 1.75. The molecule has 0 heterocycles. The predicted octanol–water partition coefficient (Wildman–Crippen LogP) is 2.23. The van der Waals surface area contributed by atoms with E-state index in [2.05, 4.69) is 0 Å². The van der Waals surface area contributed by atoms with Gasteiger partial charge in [-0.1, -0.05) is 0 Å². The molecule has 0 radical (unpaired) electrons. The molecule has 98 valence electrons. The zero-order valence-corrected chi connectivity index (χ0v) is 10.3. The van der Waals surface area contributed by atoms with Crippen LogP contribution in [0.1, 0.15) is 15.9 Å². The summed E-state index contributed by atoms with van der Waals surface area (Å²) in [5, 5.41) is 0. The van der Waals surface area contributed by atoms with Gasteiger partial charge in [-0.2, -0.15) is 0 Å². The molecule has 2 aromatic rings. The number of ketones is 1. The topological polar surface area (TPSA) is 78.3 Å². The number of hydrogen-bond donors (Lipinski definition) is 2. The first-order valence-corrected chi connectivity index (χ1v) is 5.56. The van der Waals surface area contributed by atoms with Crippen LogP contribution >= 0.6 is 0 Å². The lowest BCUT2D eigenvalue weighted by atomic mass is 10.0. The fraction of sp³-hybridized carbons (Fsp3) is 0.0714. The predicted molar refractivity (Wildman–Crippen MR) is 71.7 cm³/mol. The van der Waals surface area contributed by atoms with Crippen molar-refractivity contribution in [1.29, 1.82) is 0 Å². The Labute approximate surface area is 109 Å². The minimum Gasteiger partial charge on any atom is -0.494 e.